The van der Waals surface area contributed by atoms with Crippen LogP contribution < -0.4 is 5.32 Å². The Morgan fingerprint density at radius 1 is 0.417 bits per heavy atom. The van der Waals surface area contributed by atoms with Gasteiger partial charge < -0.3 is 72.0 Å². The molecule has 0 saturated heterocycles. The van der Waals surface area contributed by atoms with E-state index in [2.05, 4.69) is 10.1 Å². The maximum Gasteiger partial charge on any atom is 0.329 e. The van der Waals surface area contributed by atoms with Crippen molar-refractivity contribution in [3.05, 3.63) is 0 Å². The van der Waals surface area contributed by atoms with E-state index in [0.717, 1.165) is 0 Å². The molecule has 0 saturated carbocycles. The lowest BCUT2D eigenvalue weighted by Crippen LogP contribution is -2.31. The van der Waals surface area contributed by atoms with Crippen molar-refractivity contribution in [2.75, 3.05) is 172 Å². The third-order valence-electron chi connectivity index (χ3n) is 5.43. The Hall–Kier alpha value is -1.58. The SMILES string of the molecule is CC(C)OCCOCCOCCOCCOCCOCCOCCOCCOCCOCCOCCOCCNC(=O)COCC(=O)O. The zero-order chi connectivity index (χ0) is 35.0. The third-order valence-corrected chi connectivity index (χ3v) is 5.43. The first-order valence-corrected chi connectivity index (χ1v) is 16.5. The summed E-state index contributed by atoms with van der Waals surface area (Å²) in [5.41, 5.74) is 0. The normalized spacial score (nSPS) is 11.5. The van der Waals surface area contributed by atoms with Crippen molar-refractivity contribution in [2.45, 2.75) is 20.0 Å². The molecule has 0 aromatic rings. The first-order chi connectivity index (χ1) is 23.5. The van der Waals surface area contributed by atoms with Crippen LogP contribution in [0.15, 0.2) is 0 Å². The number of ether oxygens (including phenoxy) is 13. The molecule has 2 N–H and O–H groups in total. The molecule has 0 rings (SSSR count). The summed E-state index contributed by atoms with van der Waals surface area (Å²) in [4.78, 5) is 21.6. The fourth-order valence-corrected chi connectivity index (χ4v) is 3.19. The number of carboxylic acid groups (broad SMARTS) is 1. The molecule has 0 spiro atoms. The fourth-order valence-electron chi connectivity index (χ4n) is 3.19. The minimum atomic E-state index is -1.12. The van der Waals surface area contributed by atoms with Crippen LogP contribution in [0.5, 0.6) is 0 Å². The zero-order valence-electron chi connectivity index (χ0n) is 29.0. The van der Waals surface area contributed by atoms with Crippen molar-refractivity contribution in [3.8, 4) is 0 Å². The van der Waals surface area contributed by atoms with Crippen molar-refractivity contribution in [1.29, 1.82) is 0 Å². The first-order valence-electron chi connectivity index (χ1n) is 16.5. The average molecular weight is 704 g/mol. The van der Waals surface area contributed by atoms with Gasteiger partial charge in [0.25, 0.3) is 0 Å². The van der Waals surface area contributed by atoms with E-state index in [1.54, 1.807) is 0 Å². The molecule has 0 fully saturated rings. The van der Waals surface area contributed by atoms with E-state index >= 15 is 0 Å². The molecule has 0 aliphatic heterocycles. The number of aliphatic carboxylic acids is 1. The summed E-state index contributed by atoms with van der Waals surface area (Å²) in [6.45, 7) is 14.6. The van der Waals surface area contributed by atoms with Gasteiger partial charge in [-0.1, -0.05) is 0 Å². The number of rotatable bonds is 41. The number of carboxylic acids is 1. The molecule has 48 heavy (non-hydrogen) atoms. The first kappa shape index (κ1) is 46.4. The van der Waals surface area contributed by atoms with E-state index in [0.29, 0.717) is 159 Å². The summed E-state index contributed by atoms with van der Waals surface area (Å²) in [7, 11) is 0. The Kier molecular flexibility index (Phi) is 38.5. The maximum absolute atomic E-state index is 11.4. The summed E-state index contributed by atoms with van der Waals surface area (Å²) < 4.78 is 69.8. The van der Waals surface area contributed by atoms with Crippen molar-refractivity contribution in [3.63, 3.8) is 0 Å². The molecule has 0 aliphatic rings. The molecule has 286 valence electrons. The zero-order valence-corrected chi connectivity index (χ0v) is 29.0. The van der Waals surface area contributed by atoms with Crippen LogP contribution in [0.4, 0.5) is 0 Å². The average Bonchev–Trinajstić information content (AvgIpc) is 3.05. The highest BCUT2D eigenvalue weighted by molar-refractivity contribution is 5.77. The lowest BCUT2D eigenvalue weighted by atomic mass is 10.5. The standard InChI is InChI=1S/C31H61NO16/c1-29(2)48-26-25-46-24-23-45-22-21-44-20-19-43-18-17-42-16-15-41-14-13-40-12-11-39-10-9-38-8-7-37-6-5-36-4-3-32-30(33)27-47-28-31(34)35/h29H,3-28H2,1-2H3,(H,32,33)(H,34,35). The van der Waals surface area contributed by atoms with Gasteiger partial charge in [-0.25, -0.2) is 4.79 Å². The van der Waals surface area contributed by atoms with Gasteiger partial charge in [-0.2, -0.15) is 0 Å². The summed E-state index contributed by atoms with van der Waals surface area (Å²) in [6.07, 6.45) is 0.223. The second kappa shape index (κ2) is 39.9. The van der Waals surface area contributed by atoms with Crippen molar-refractivity contribution in [1.82, 2.24) is 5.32 Å². The van der Waals surface area contributed by atoms with Crippen LogP contribution >= 0.6 is 0 Å². The Balaban J connectivity index is 3.09. The van der Waals surface area contributed by atoms with Crippen LogP contribution in [0, 0.1) is 0 Å². The molecule has 0 atom stereocenters. The number of hydrogen-bond donors (Lipinski definition) is 2. The Labute approximate surface area is 285 Å². The van der Waals surface area contributed by atoms with Crippen molar-refractivity contribution >= 4 is 11.9 Å². The van der Waals surface area contributed by atoms with Gasteiger partial charge in [0.05, 0.1) is 158 Å². The lowest BCUT2D eigenvalue weighted by molar-refractivity contribution is -0.143. The largest absolute Gasteiger partial charge is 0.480 e. The van der Waals surface area contributed by atoms with E-state index in [1.165, 1.54) is 0 Å². The van der Waals surface area contributed by atoms with Crippen LogP contribution in [0.25, 0.3) is 0 Å². The monoisotopic (exact) mass is 703 g/mol. The lowest BCUT2D eigenvalue weighted by Gasteiger charge is -2.09. The molecule has 17 heteroatoms. The predicted octanol–water partition coefficient (Wildman–Crippen LogP) is -0.189. The number of hydrogen-bond acceptors (Lipinski definition) is 15. The van der Waals surface area contributed by atoms with Crippen molar-refractivity contribution < 1.29 is 76.3 Å². The Morgan fingerprint density at radius 2 is 0.688 bits per heavy atom. The van der Waals surface area contributed by atoms with Crippen LogP contribution in [0.1, 0.15) is 13.8 Å². The number of nitrogens with one attached hydrogen (secondary N) is 1. The molecule has 0 unspecified atom stereocenters. The highest BCUT2D eigenvalue weighted by Gasteiger charge is 2.03. The van der Waals surface area contributed by atoms with E-state index in [-0.39, 0.29) is 12.7 Å². The van der Waals surface area contributed by atoms with E-state index in [4.69, 9.17) is 61.9 Å². The van der Waals surface area contributed by atoms with Crippen molar-refractivity contribution in [2.24, 2.45) is 0 Å². The summed E-state index contributed by atoms with van der Waals surface area (Å²) in [6, 6.07) is 0. The number of amides is 1. The maximum atomic E-state index is 11.4. The van der Waals surface area contributed by atoms with Gasteiger partial charge in [-0.3, -0.25) is 4.79 Å². The molecule has 0 radical (unpaired) electrons. The second-order valence-corrected chi connectivity index (χ2v) is 9.89. The number of carbonyl (C=O) groups excluding carboxylic acids is 1. The Bertz CT molecular complexity index is 676. The molecular formula is C31H61NO16. The topological polar surface area (TPSA) is 186 Å². The van der Waals surface area contributed by atoms with Crippen LogP contribution in [0.2, 0.25) is 0 Å². The molecule has 0 heterocycles. The third kappa shape index (κ3) is 42.4. The molecule has 0 aliphatic carbocycles. The van der Waals surface area contributed by atoms with Gasteiger partial charge in [-0.05, 0) is 13.8 Å². The summed E-state index contributed by atoms with van der Waals surface area (Å²) in [5, 5.41) is 11.0. The minimum Gasteiger partial charge on any atom is -0.480 e. The van der Waals surface area contributed by atoms with Gasteiger partial charge in [-0.15, -0.1) is 0 Å². The van der Waals surface area contributed by atoms with Gasteiger partial charge in [0.15, 0.2) is 0 Å². The van der Waals surface area contributed by atoms with Gasteiger partial charge in [0, 0.05) is 6.54 Å². The van der Waals surface area contributed by atoms with Gasteiger partial charge >= 0.3 is 5.97 Å². The summed E-state index contributed by atoms with van der Waals surface area (Å²) in [5.74, 6) is -1.52. The predicted molar refractivity (Wildman–Crippen MR) is 172 cm³/mol. The molecule has 17 nitrogen and oxygen atoms in total. The number of carbonyl (C=O) groups is 2. The van der Waals surface area contributed by atoms with Crippen LogP contribution in [-0.4, -0.2) is 195 Å². The second-order valence-electron chi connectivity index (χ2n) is 9.89. The fraction of sp³-hybridized carbons (Fsp3) is 0.935. The molecule has 0 aromatic carbocycles. The summed E-state index contributed by atoms with van der Waals surface area (Å²) >= 11 is 0. The minimum absolute atomic E-state index is 0.223. The molecular weight excluding hydrogens is 642 g/mol. The smallest absolute Gasteiger partial charge is 0.329 e. The Morgan fingerprint density at radius 3 is 0.958 bits per heavy atom. The molecule has 0 aromatic heterocycles. The highest BCUT2D eigenvalue weighted by atomic mass is 16.6. The molecule has 0 bridgehead atoms. The van der Waals surface area contributed by atoms with Crippen LogP contribution in [0.3, 0.4) is 0 Å². The van der Waals surface area contributed by atoms with E-state index < -0.39 is 18.5 Å². The van der Waals surface area contributed by atoms with Gasteiger partial charge in [0.2, 0.25) is 5.91 Å². The van der Waals surface area contributed by atoms with E-state index in [1.807, 2.05) is 13.8 Å². The highest BCUT2D eigenvalue weighted by Crippen LogP contribution is 1.89. The molecule has 1 amide bonds. The quantitative estimate of drug-likeness (QED) is 0.0798. The van der Waals surface area contributed by atoms with E-state index in [9.17, 15) is 9.59 Å². The van der Waals surface area contributed by atoms with Crippen LogP contribution in [-0.2, 0) is 71.2 Å². The van der Waals surface area contributed by atoms with Gasteiger partial charge in [0.1, 0.15) is 13.2 Å².